The van der Waals surface area contributed by atoms with Crippen LogP contribution in [-0.2, 0) is 15.7 Å². The molecule has 0 N–H and O–H groups in total. The minimum absolute atomic E-state index is 0.334. The molecule has 2 rings (SSSR count). The van der Waals surface area contributed by atoms with Gasteiger partial charge in [0.25, 0.3) is 0 Å². The third-order valence-electron chi connectivity index (χ3n) is 10.2. The van der Waals surface area contributed by atoms with Gasteiger partial charge in [0, 0.05) is 11.8 Å². The minimum Gasteiger partial charge on any atom is -0.294 e. The molecule has 1 nitrogen and oxygen atoms in total. The van der Waals surface area contributed by atoms with Crippen molar-refractivity contribution >= 4 is 16.7 Å². The van der Waals surface area contributed by atoms with E-state index in [0.717, 1.165) is 11.7 Å². The largest absolute Gasteiger partial charge is 0.294 e. The molecule has 0 heterocycles. The zero-order valence-electron chi connectivity index (χ0n) is 27.7. The van der Waals surface area contributed by atoms with Crippen molar-refractivity contribution in [2.24, 2.45) is 11.8 Å². The molecule has 0 spiro atoms. The number of hydrogen-bond acceptors (Lipinski definition) is 1. The predicted molar refractivity (Wildman–Crippen MR) is 183 cm³/mol. The quantitative estimate of drug-likeness (QED) is 0.0738. The first-order valence-corrected chi connectivity index (χ1v) is 20.6. The van der Waals surface area contributed by atoms with E-state index in [1.807, 2.05) is 0 Å². The average Bonchev–Trinajstić information content (AvgIpc) is 2.99. The first-order chi connectivity index (χ1) is 19.8. The molecule has 40 heavy (non-hydrogen) atoms. The van der Waals surface area contributed by atoms with Crippen LogP contribution in [0.25, 0.3) is 0 Å². The van der Waals surface area contributed by atoms with Gasteiger partial charge in [-0.25, -0.2) is 0 Å². The van der Waals surface area contributed by atoms with Gasteiger partial charge in [-0.3, -0.25) is 4.79 Å². The summed E-state index contributed by atoms with van der Waals surface area (Å²) in [6.07, 6.45) is 41.7. The maximum Gasteiger partial charge on any atom is 0.188 e. The highest BCUT2D eigenvalue weighted by atomic mass is 32.2. The van der Waals surface area contributed by atoms with Crippen LogP contribution in [0.4, 0.5) is 0 Å². The average molecular weight is 578 g/mol. The summed E-state index contributed by atoms with van der Waals surface area (Å²) < 4.78 is 0. The van der Waals surface area contributed by atoms with Gasteiger partial charge in [0.05, 0.1) is 0 Å². The maximum absolute atomic E-state index is 14.2. The molecule has 0 aromatic carbocycles. The lowest BCUT2D eigenvalue weighted by Gasteiger charge is -2.32. The molecule has 0 radical (unpaired) electrons. The summed E-state index contributed by atoms with van der Waals surface area (Å²) in [6.45, 7) is 4.62. The Kier molecular flexibility index (Phi) is 23.1. The molecule has 0 saturated heterocycles. The maximum atomic E-state index is 14.2. The summed E-state index contributed by atoms with van der Waals surface area (Å²) in [7, 11) is 0.334. The summed E-state index contributed by atoms with van der Waals surface area (Å²) in [5, 5.41) is 0.431. The van der Waals surface area contributed by atoms with Crippen molar-refractivity contribution in [1.29, 1.82) is 0 Å². The van der Waals surface area contributed by atoms with E-state index in [1.54, 1.807) is 0 Å². The highest BCUT2D eigenvalue weighted by molar-refractivity contribution is 7.98. The Morgan fingerprint density at radius 1 is 0.500 bits per heavy atom. The first-order valence-electron chi connectivity index (χ1n) is 19.0. The van der Waals surface area contributed by atoms with E-state index < -0.39 is 0 Å². The van der Waals surface area contributed by atoms with E-state index in [0.29, 0.717) is 22.1 Å². The normalized spacial score (nSPS) is 18.0. The van der Waals surface area contributed by atoms with Gasteiger partial charge in [0.15, 0.2) is 11.0 Å². The van der Waals surface area contributed by atoms with Gasteiger partial charge in [0.2, 0.25) is 0 Å². The lowest BCUT2D eigenvalue weighted by Crippen LogP contribution is -2.44. The summed E-state index contributed by atoms with van der Waals surface area (Å²) >= 11 is 0. The molecule has 2 aliphatic rings. The molecule has 1 atom stereocenters. The van der Waals surface area contributed by atoms with Crippen molar-refractivity contribution in [3.63, 3.8) is 0 Å². The van der Waals surface area contributed by atoms with E-state index in [1.165, 1.54) is 204 Å². The minimum atomic E-state index is 0.334. The zero-order valence-corrected chi connectivity index (χ0v) is 28.5. The molecule has 1 unspecified atom stereocenters. The van der Waals surface area contributed by atoms with E-state index >= 15 is 0 Å². The Hall–Kier alpha value is 0.0200. The summed E-state index contributed by atoms with van der Waals surface area (Å²) in [6, 6.07) is 0. The fourth-order valence-electron chi connectivity index (χ4n) is 7.63. The number of hydrogen-bond donors (Lipinski definition) is 0. The predicted octanol–water partition coefficient (Wildman–Crippen LogP) is 12.5. The summed E-state index contributed by atoms with van der Waals surface area (Å²) in [5.74, 6) is 4.63. The van der Waals surface area contributed by atoms with Gasteiger partial charge in [-0.2, -0.15) is 0 Å². The highest BCUT2D eigenvalue weighted by Gasteiger charge is 2.44. The Labute approximate surface area is 255 Å². The molecule has 0 aromatic heterocycles. The van der Waals surface area contributed by atoms with E-state index in [9.17, 15) is 4.79 Å². The fraction of sp³-hybridized carbons (Fsp3) is 0.974. The van der Waals surface area contributed by atoms with Crippen LogP contribution >= 0.6 is 0 Å². The highest BCUT2D eigenvalue weighted by Crippen LogP contribution is 2.36. The Bertz CT molecular complexity index is 538. The summed E-state index contributed by atoms with van der Waals surface area (Å²) in [5.41, 5.74) is 0. The second kappa shape index (κ2) is 25.5. The van der Waals surface area contributed by atoms with Gasteiger partial charge >= 0.3 is 0 Å². The van der Waals surface area contributed by atoms with Gasteiger partial charge in [-0.15, -0.1) is 0 Å². The topological polar surface area (TPSA) is 17.1 Å². The molecule has 0 amide bonds. The smallest absolute Gasteiger partial charge is 0.188 e. The number of Topliss-reactive ketones (excluding diaryl/α,β-unsaturated/α-hetero) is 1. The van der Waals surface area contributed by atoms with Crippen molar-refractivity contribution in [1.82, 2.24) is 0 Å². The van der Waals surface area contributed by atoms with Gasteiger partial charge < -0.3 is 0 Å². The van der Waals surface area contributed by atoms with Crippen molar-refractivity contribution in [3.05, 3.63) is 0 Å². The Balaban J connectivity index is 1.84. The van der Waals surface area contributed by atoms with Crippen LogP contribution in [0, 0.1) is 11.8 Å². The zero-order chi connectivity index (χ0) is 28.5. The van der Waals surface area contributed by atoms with Gasteiger partial charge in [-0.1, -0.05) is 155 Å². The lowest BCUT2D eigenvalue weighted by molar-refractivity contribution is -0.124. The number of ketones is 1. The third-order valence-corrected chi connectivity index (χ3v) is 13.2. The van der Waals surface area contributed by atoms with E-state index in [2.05, 4.69) is 13.8 Å². The SMILES string of the molecule is CCCCCCCCCCCC[S+](CCCCCCCCCCCC)C(C(=O)C1CCCCC1)C1CCCCC1. The van der Waals surface area contributed by atoms with Crippen molar-refractivity contribution < 1.29 is 4.79 Å². The Morgan fingerprint density at radius 2 is 0.850 bits per heavy atom. The van der Waals surface area contributed by atoms with E-state index in [-0.39, 0.29) is 0 Å². The molecule has 0 aromatic rings. The van der Waals surface area contributed by atoms with E-state index in [4.69, 9.17) is 0 Å². The van der Waals surface area contributed by atoms with Crippen LogP contribution in [0.2, 0.25) is 0 Å². The number of carbonyl (C=O) groups excluding carboxylic acids is 1. The fourth-order valence-corrected chi connectivity index (χ4v) is 10.8. The molecule has 236 valence electrons. The van der Waals surface area contributed by atoms with Crippen molar-refractivity contribution in [3.8, 4) is 0 Å². The molecule has 2 heteroatoms. The Morgan fingerprint density at radius 3 is 1.25 bits per heavy atom. The molecular formula is C38H73OS+. The summed E-state index contributed by atoms with van der Waals surface area (Å²) in [4.78, 5) is 14.2. The molecule has 0 aliphatic heterocycles. The van der Waals surface area contributed by atoms with Crippen molar-refractivity contribution in [2.75, 3.05) is 11.5 Å². The van der Waals surface area contributed by atoms with Crippen LogP contribution in [0.3, 0.4) is 0 Å². The number of rotatable bonds is 26. The van der Waals surface area contributed by atoms with Crippen LogP contribution < -0.4 is 0 Å². The van der Waals surface area contributed by atoms with Gasteiger partial charge in [0.1, 0.15) is 11.5 Å². The van der Waals surface area contributed by atoms with Crippen LogP contribution in [0.15, 0.2) is 0 Å². The van der Waals surface area contributed by atoms with Crippen molar-refractivity contribution in [2.45, 2.75) is 212 Å². The van der Waals surface area contributed by atoms with Gasteiger partial charge in [-0.05, 0) is 62.3 Å². The molecular weight excluding hydrogens is 504 g/mol. The molecule has 2 saturated carbocycles. The molecule has 0 bridgehead atoms. The van der Waals surface area contributed by atoms with Crippen LogP contribution in [-0.4, -0.2) is 22.5 Å². The second-order valence-corrected chi connectivity index (χ2v) is 16.3. The first kappa shape index (κ1) is 36.2. The van der Waals surface area contributed by atoms with Crippen LogP contribution in [0.1, 0.15) is 206 Å². The third kappa shape index (κ3) is 16.6. The van der Waals surface area contributed by atoms with Crippen LogP contribution in [0.5, 0.6) is 0 Å². The molecule has 2 aliphatic carbocycles. The standard InChI is InChI=1S/C38H73OS/c1-3-5-7-9-11-13-15-17-19-27-33-40(34-28-20-18-16-14-12-10-8-6-4-2)38(36-31-25-22-26-32-36)37(39)35-29-23-21-24-30-35/h35-36,38H,3-34H2,1-2H3/q+1. The second-order valence-electron chi connectivity index (χ2n) is 13.9. The monoisotopic (exact) mass is 578 g/mol. The lowest BCUT2D eigenvalue weighted by atomic mass is 9.79. The molecule has 2 fully saturated rings. The number of unbranched alkanes of at least 4 members (excludes halogenated alkanes) is 18. The number of carbonyl (C=O) groups is 1.